The van der Waals surface area contributed by atoms with Gasteiger partial charge in [-0.05, 0) is 48.0 Å². The molecule has 7 heteroatoms. The maximum absolute atomic E-state index is 12.9. The Labute approximate surface area is 177 Å². The molecule has 4 aromatic rings. The second-order valence-corrected chi connectivity index (χ2v) is 7.02. The van der Waals surface area contributed by atoms with Crippen LogP contribution in [0, 0.1) is 11.3 Å². The van der Waals surface area contributed by atoms with Crippen molar-refractivity contribution in [3.05, 3.63) is 105 Å². The predicted octanol–water partition coefficient (Wildman–Crippen LogP) is 3.84. The molecule has 0 aliphatic heterocycles. The number of nitriles is 1. The molecule has 0 saturated heterocycles. The van der Waals surface area contributed by atoms with Crippen LogP contribution in [0.25, 0.3) is 16.5 Å². The smallest absolute Gasteiger partial charge is 0.279 e. The molecule has 1 aromatic heterocycles. The predicted molar refractivity (Wildman–Crippen MR) is 115 cm³/mol. The van der Waals surface area contributed by atoms with Crippen LogP contribution in [-0.4, -0.2) is 15.7 Å². The van der Waals surface area contributed by atoms with E-state index >= 15 is 0 Å². The first-order valence-electron chi connectivity index (χ1n) is 9.12. The summed E-state index contributed by atoms with van der Waals surface area (Å²) in [6.45, 7) is 0.265. The van der Waals surface area contributed by atoms with Crippen molar-refractivity contribution in [2.75, 3.05) is 0 Å². The molecule has 146 valence electrons. The molecule has 0 saturated carbocycles. The minimum absolute atomic E-state index is 0.147. The molecule has 3 aromatic carbocycles. The van der Waals surface area contributed by atoms with Crippen molar-refractivity contribution in [3.8, 4) is 11.8 Å². The van der Waals surface area contributed by atoms with Gasteiger partial charge in [0.2, 0.25) is 0 Å². The van der Waals surface area contributed by atoms with Crippen LogP contribution in [0.4, 0.5) is 0 Å². The molecular weight excluding hydrogens is 400 g/mol. The number of hydrogen-bond donors (Lipinski definition) is 1. The summed E-state index contributed by atoms with van der Waals surface area (Å²) in [5.41, 5.74) is 1.73. The third-order valence-corrected chi connectivity index (χ3v) is 4.88. The van der Waals surface area contributed by atoms with Gasteiger partial charge in [0.15, 0.2) is 5.69 Å². The highest BCUT2D eigenvalue weighted by atomic mass is 35.5. The topological polar surface area (TPSA) is 87.8 Å². The zero-order valence-electron chi connectivity index (χ0n) is 15.7. The van der Waals surface area contributed by atoms with Crippen molar-refractivity contribution in [2.45, 2.75) is 6.54 Å². The van der Waals surface area contributed by atoms with Gasteiger partial charge in [0.25, 0.3) is 11.5 Å². The second kappa shape index (κ2) is 8.19. The molecule has 0 spiro atoms. The maximum atomic E-state index is 12.9. The van der Waals surface area contributed by atoms with E-state index in [1.165, 1.54) is 4.68 Å². The molecule has 1 heterocycles. The van der Waals surface area contributed by atoms with E-state index in [1.807, 2.05) is 0 Å². The minimum atomic E-state index is -0.404. The van der Waals surface area contributed by atoms with Gasteiger partial charge in [-0.3, -0.25) is 9.59 Å². The molecule has 0 fully saturated rings. The summed E-state index contributed by atoms with van der Waals surface area (Å²) in [7, 11) is 0. The summed E-state index contributed by atoms with van der Waals surface area (Å²) >= 11 is 5.94. The van der Waals surface area contributed by atoms with Gasteiger partial charge in [-0.2, -0.15) is 15.0 Å². The maximum Gasteiger partial charge on any atom is 0.279 e. The van der Waals surface area contributed by atoms with Gasteiger partial charge < -0.3 is 5.32 Å². The minimum Gasteiger partial charge on any atom is -0.347 e. The summed E-state index contributed by atoms with van der Waals surface area (Å²) < 4.78 is 1.20. The Morgan fingerprint density at radius 3 is 2.33 bits per heavy atom. The molecule has 30 heavy (non-hydrogen) atoms. The second-order valence-electron chi connectivity index (χ2n) is 6.58. The lowest BCUT2D eigenvalue weighted by molar-refractivity contribution is 0.0946. The van der Waals surface area contributed by atoms with Crippen LogP contribution in [0.3, 0.4) is 0 Å². The standard InChI is InChI=1S/C23H15ClN4O2/c24-17-9-11-18(12-10-17)28-23(30)20-4-2-1-3-19(20)21(27-28)22(29)26-14-16-7-5-15(13-25)6-8-16/h1-12H,14H2,(H,26,29). The average Bonchev–Trinajstić information content (AvgIpc) is 2.79. The lowest BCUT2D eigenvalue weighted by Gasteiger charge is -2.11. The average molecular weight is 415 g/mol. The van der Waals surface area contributed by atoms with Crippen LogP contribution in [0.5, 0.6) is 0 Å². The number of aromatic nitrogens is 2. The highest BCUT2D eigenvalue weighted by molar-refractivity contribution is 6.30. The number of carbonyl (C=O) groups excluding carboxylic acids is 1. The zero-order valence-corrected chi connectivity index (χ0v) is 16.4. The van der Waals surface area contributed by atoms with E-state index in [2.05, 4.69) is 16.5 Å². The number of nitrogens with one attached hydrogen (secondary N) is 1. The van der Waals surface area contributed by atoms with E-state index in [9.17, 15) is 9.59 Å². The van der Waals surface area contributed by atoms with Crippen molar-refractivity contribution >= 4 is 28.3 Å². The Balaban J connectivity index is 1.72. The van der Waals surface area contributed by atoms with Gasteiger partial charge in [-0.15, -0.1) is 0 Å². The van der Waals surface area contributed by atoms with E-state index in [4.69, 9.17) is 16.9 Å². The molecule has 0 radical (unpaired) electrons. The highest BCUT2D eigenvalue weighted by Gasteiger charge is 2.17. The van der Waals surface area contributed by atoms with Gasteiger partial charge in [0.05, 0.1) is 22.7 Å². The first-order chi connectivity index (χ1) is 14.6. The number of nitrogens with zero attached hydrogens (tertiary/aromatic N) is 3. The van der Waals surface area contributed by atoms with E-state index in [0.717, 1.165) is 5.56 Å². The number of fused-ring (bicyclic) bond motifs is 1. The Morgan fingerprint density at radius 1 is 1.00 bits per heavy atom. The molecule has 0 atom stereocenters. The van der Waals surface area contributed by atoms with Crippen molar-refractivity contribution < 1.29 is 4.79 Å². The van der Waals surface area contributed by atoms with E-state index < -0.39 is 5.91 Å². The third kappa shape index (κ3) is 3.79. The number of benzene rings is 3. The number of hydrogen-bond acceptors (Lipinski definition) is 4. The van der Waals surface area contributed by atoms with Gasteiger partial charge in [0.1, 0.15) is 0 Å². The molecule has 0 bridgehead atoms. The van der Waals surface area contributed by atoms with Crippen LogP contribution in [0.15, 0.2) is 77.6 Å². The summed E-state index contributed by atoms with van der Waals surface area (Å²) in [6, 6.07) is 22.5. The van der Waals surface area contributed by atoms with E-state index in [-0.39, 0.29) is 17.8 Å². The quantitative estimate of drug-likeness (QED) is 0.549. The van der Waals surface area contributed by atoms with Gasteiger partial charge in [0, 0.05) is 17.0 Å². The first kappa shape index (κ1) is 19.4. The van der Waals surface area contributed by atoms with Crippen molar-refractivity contribution in [1.29, 1.82) is 5.26 Å². The van der Waals surface area contributed by atoms with Crippen LogP contribution >= 0.6 is 11.6 Å². The molecule has 6 nitrogen and oxygen atoms in total. The normalized spacial score (nSPS) is 10.5. The fourth-order valence-corrected chi connectivity index (χ4v) is 3.20. The molecule has 1 amide bonds. The van der Waals surface area contributed by atoms with Crippen molar-refractivity contribution in [1.82, 2.24) is 15.1 Å². The Kier molecular flexibility index (Phi) is 5.29. The highest BCUT2D eigenvalue weighted by Crippen LogP contribution is 2.17. The van der Waals surface area contributed by atoms with Crippen LogP contribution in [-0.2, 0) is 6.54 Å². The number of rotatable bonds is 4. The zero-order chi connectivity index (χ0) is 21.1. The third-order valence-electron chi connectivity index (χ3n) is 4.63. The van der Waals surface area contributed by atoms with Crippen molar-refractivity contribution in [3.63, 3.8) is 0 Å². The summed E-state index contributed by atoms with van der Waals surface area (Å²) in [5, 5.41) is 17.5. The van der Waals surface area contributed by atoms with Crippen molar-refractivity contribution in [2.24, 2.45) is 0 Å². The number of amides is 1. The monoisotopic (exact) mass is 414 g/mol. The molecule has 0 aliphatic rings. The molecule has 1 N–H and O–H groups in total. The Bertz CT molecular complexity index is 1340. The Hall–Kier alpha value is -3.95. The number of halogens is 1. The fourth-order valence-electron chi connectivity index (χ4n) is 3.08. The van der Waals surface area contributed by atoms with E-state index in [0.29, 0.717) is 27.0 Å². The van der Waals surface area contributed by atoms with Crippen LogP contribution in [0.1, 0.15) is 21.6 Å². The van der Waals surface area contributed by atoms with Crippen LogP contribution < -0.4 is 10.9 Å². The summed E-state index contributed by atoms with van der Waals surface area (Å²) in [5.74, 6) is -0.404. The lowest BCUT2D eigenvalue weighted by Crippen LogP contribution is -2.29. The van der Waals surface area contributed by atoms with Crippen LogP contribution in [0.2, 0.25) is 5.02 Å². The summed E-state index contributed by atoms with van der Waals surface area (Å²) in [6.07, 6.45) is 0. The lowest BCUT2D eigenvalue weighted by atomic mass is 10.1. The number of carbonyl (C=O) groups is 1. The molecular formula is C23H15ClN4O2. The fraction of sp³-hybridized carbons (Fsp3) is 0.0435. The van der Waals surface area contributed by atoms with Gasteiger partial charge in [-0.1, -0.05) is 41.9 Å². The largest absolute Gasteiger partial charge is 0.347 e. The molecule has 0 aliphatic carbocycles. The SMILES string of the molecule is N#Cc1ccc(CNC(=O)c2nn(-c3ccc(Cl)cc3)c(=O)c3ccccc23)cc1. The van der Waals surface area contributed by atoms with Gasteiger partial charge in [-0.25, -0.2) is 0 Å². The van der Waals surface area contributed by atoms with Gasteiger partial charge >= 0.3 is 0 Å². The molecule has 4 rings (SSSR count). The van der Waals surface area contributed by atoms with E-state index in [1.54, 1.807) is 72.8 Å². The summed E-state index contributed by atoms with van der Waals surface area (Å²) in [4.78, 5) is 25.9. The molecule has 0 unspecified atom stereocenters. The first-order valence-corrected chi connectivity index (χ1v) is 9.50. The Morgan fingerprint density at radius 2 is 1.67 bits per heavy atom.